The van der Waals surface area contributed by atoms with Crippen LogP contribution in [0.25, 0.3) is 0 Å². The van der Waals surface area contributed by atoms with E-state index in [1.54, 1.807) is 6.33 Å². The second-order valence-corrected chi connectivity index (χ2v) is 8.71. The van der Waals surface area contributed by atoms with Gasteiger partial charge in [0.15, 0.2) is 0 Å². The zero-order valence-corrected chi connectivity index (χ0v) is 15.5. The van der Waals surface area contributed by atoms with E-state index in [1.165, 1.54) is 0 Å². The van der Waals surface area contributed by atoms with Crippen molar-refractivity contribution in [2.24, 2.45) is 17.3 Å². The van der Waals surface area contributed by atoms with Crippen LogP contribution in [0.1, 0.15) is 58.1 Å². The molecule has 1 aliphatic carbocycles. The van der Waals surface area contributed by atoms with Crippen molar-refractivity contribution in [3.63, 3.8) is 0 Å². The van der Waals surface area contributed by atoms with E-state index in [0.29, 0.717) is 18.8 Å². The van der Waals surface area contributed by atoms with E-state index in [9.17, 15) is 9.59 Å². The number of carbonyl (C=O) groups is 2. The molecule has 132 valence electrons. The number of rotatable bonds is 3. The van der Waals surface area contributed by atoms with Crippen LogP contribution in [0, 0.1) is 17.3 Å². The Labute approximate surface area is 143 Å². The Morgan fingerprint density at radius 2 is 1.88 bits per heavy atom. The predicted octanol–water partition coefficient (Wildman–Crippen LogP) is 2.09. The number of fused-ring (bicyclic) bond motifs is 1. The molecule has 0 radical (unpaired) electrons. The molecule has 24 heavy (non-hydrogen) atoms. The molecule has 2 unspecified atom stereocenters. The van der Waals surface area contributed by atoms with E-state index in [4.69, 9.17) is 0 Å². The number of amides is 2. The molecule has 0 spiro atoms. The molecular weight excluding hydrogens is 304 g/mol. The highest BCUT2D eigenvalue weighted by Gasteiger charge is 2.70. The Morgan fingerprint density at radius 3 is 2.33 bits per heavy atom. The van der Waals surface area contributed by atoms with Crippen LogP contribution < -0.4 is 5.32 Å². The summed E-state index contributed by atoms with van der Waals surface area (Å²) in [5, 5.41) is 3.08. The Hall–Kier alpha value is -1.85. The van der Waals surface area contributed by atoms with Gasteiger partial charge in [0.05, 0.1) is 11.7 Å². The van der Waals surface area contributed by atoms with E-state index in [0.717, 1.165) is 0 Å². The molecule has 1 aliphatic heterocycles. The molecule has 2 amide bonds. The summed E-state index contributed by atoms with van der Waals surface area (Å²) in [6.45, 7) is 13.4. The lowest BCUT2D eigenvalue weighted by Crippen LogP contribution is -2.47. The average Bonchev–Trinajstić information content (AvgIpc) is 2.95. The number of hydrogen-bond donors (Lipinski definition) is 1. The maximum absolute atomic E-state index is 12.6. The number of carbonyl (C=O) groups excluding carboxylic acids is 2. The van der Waals surface area contributed by atoms with E-state index in [-0.39, 0.29) is 40.6 Å². The third-order valence-corrected chi connectivity index (χ3v) is 5.43. The first-order chi connectivity index (χ1) is 11.0. The Balaban J connectivity index is 1.63. The number of aromatic nitrogens is 2. The first-order valence-corrected chi connectivity index (χ1v) is 8.69. The van der Waals surface area contributed by atoms with Gasteiger partial charge in [-0.25, -0.2) is 4.98 Å². The van der Waals surface area contributed by atoms with Crippen molar-refractivity contribution < 1.29 is 9.59 Å². The van der Waals surface area contributed by atoms with Crippen molar-refractivity contribution in [2.45, 2.75) is 53.1 Å². The maximum Gasteiger partial charge on any atom is 0.274 e. The number of nitrogens with one attached hydrogen (secondary N) is 1. The molecule has 0 aromatic carbocycles. The van der Waals surface area contributed by atoms with E-state index in [2.05, 4.69) is 24.1 Å². The van der Waals surface area contributed by atoms with Crippen LogP contribution in [0.3, 0.4) is 0 Å². The third-order valence-electron chi connectivity index (χ3n) is 5.43. The van der Waals surface area contributed by atoms with Crippen LogP contribution in [0.4, 0.5) is 0 Å². The summed E-state index contributed by atoms with van der Waals surface area (Å²) in [6, 6.07) is 0.287. The van der Waals surface area contributed by atoms with Gasteiger partial charge < -0.3 is 14.8 Å². The molecule has 6 nitrogen and oxygen atoms in total. The second-order valence-electron chi connectivity index (χ2n) is 8.71. The largest absolute Gasteiger partial charge is 0.351 e. The monoisotopic (exact) mass is 332 g/mol. The first-order valence-electron chi connectivity index (χ1n) is 8.69. The van der Waals surface area contributed by atoms with Crippen molar-refractivity contribution in [3.05, 3.63) is 18.2 Å². The molecule has 1 saturated carbocycles. The van der Waals surface area contributed by atoms with Crippen LogP contribution in [0.2, 0.25) is 0 Å². The van der Waals surface area contributed by atoms with E-state index < -0.39 is 0 Å². The van der Waals surface area contributed by atoms with Gasteiger partial charge in [-0.05, 0) is 46.5 Å². The van der Waals surface area contributed by atoms with Crippen molar-refractivity contribution in [2.75, 3.05) is 13.1 Å². The standard InChI is InChI=1S/C18H28N4O2/c1-11(2)22-9-14(19-10-22)15(23)21-7-12-13(8-21)18(12,6)16(24)20-17(3,4)5/h9-13H,7-8H2,1-6H3,(H,20,24). The minimum atomic E-state index is -0.332. The number of piperidine rings is 1. The highest BCUT2D eigenvalue weighted by molar-refractivity contribution is 5.93. The fourth-order valence-corrected chi connectivity index (χ4v) is 3.75. The predicted molar refractivity (Wildman–Crippen MR) is 91.5 cm³/mol. The van der Waals surface area contributed by atoms with Crippen molar-refractivity contribution in [1.29, 1.82) is 0 Å². The smallest absolute Gasteiger partial charge is 0.274 e. The molecule has 1 aromatic rings. The molecule has 1 aromatic heterocycles. The number of likely N-dealkylation sites (tertiary alicyclic amines) is 1. The van der Waals surface area contributed by atoms with Gasteiger partial charge in [0, 0.05) is 30.9 Å². The van der Waals surface area contributed by atoms with Crippen LogP contribution in [-0.2, 0) is 4.79 Å². The highest BCUT2D eigenvalue weighted by Crippen LogP contribution is 2.62. The molecule has 0 bridgehead atoms. The summed E-state index contributed by atoms with van der Waals surface area (Å²) in [7, 11) is 0. The number of nitrogens with zero attached hydrogens (tertiary/aromatic N) is 3. The summed E-state index contributed by atoms with van der Waals surface area (Å²) in [5.74, 6) is 0.605. The molecule has 2 fully saturated rings. The number of imidazole rings is 1. The normalized spacial score (nSPS) is 28.9. The van der Waals surface area contributed by atoms with Crippen LogP contribution in [0.15, 0.2) is 12.5 Å². The van der Waals surface area contributed by atoms with Gasteiger partial charge in [0.2, 0.25) is 5.91 Å². The summed E-state index contributed by atoms with van der Waals surface area (Å²) in [4.78, 5) is 31.2. The van der Waals surface area contributed by atoms with Gasteiger partial charge in [-0.1, -0.05) is 6.92 Å². The summed E-state index contributed by atoms with van der Waals surface area (Å²) < 4.78 is 1.94. The topological polar surface area (TPSA) is 67.2 Å². The molecule has 6 heteroatoms. The zero-order valence-electron chi connectivity index (χ0n) is 15.5. The Kier molecular flexibility index (Phi) is 3.77. The second kappa shape index (κ2) is 5.33. The minimum Gasteiger partial charge on any atom is -0.351 e. The molecular formula is C18H28N4O2. The fraction of sp³-hybridized carbons (Fsp3) is 0.722. The maximum atomic E-state index is 12.6. The molecule has 2 heterocycles. The Morgan fingerprint density at radius 1 is 1.29 bits per heavy atom. The zero-order chi connectivity index (χ0) is 17.9. The van der Waals surface area contributed by atoms with Gasteiger partial charge >= 0.3 is 0 Å². The molecule has 1 saturated heterocycles. The van der Waals surface area contributed by atoms with E-state index in [1.807, 2.05) is 43.4 Å². The quantitative estimate of drug-likeness (QED) is 0.921. The number of hydrogen-bond acceptors (Lipinski definition) is 3. The summed E-state index contributed by atoms with van der Waals surface area (Å²) in [6.07, 6.45) is 3.51. The van der Waals surface area contributed by atoms with E-state index >= 15 is 0 Å². The highest BCUT2D eigenvalue weighted by atomic mass is 16.2. The van der Waals surface area contributed by atoms with Crippen LogP contribution in [-0.4, -0.2) is 44.9 Å². The summed E-state index contributed by atoms with van der Waals surface area (Å²) >= 11 is 0. The minimum absolute atomic E-state index is 0.0276. The van der Waals surface area contributed by atoms with Gasteiger partial charge in [-0.15, -0.1) is 0 Å². The van der Waals surface area contributed by atoms with Gasteiger partial charge in [0.25, 0.3) is 5.91 Å². The Bertz CT molecular complexity index is 659. The SMILES string of the molecule is CC(C)n1cnc(C(=O)N2CC3C(C2)C3(C)C(=O)NC(C)(C)C)c1. The van der Waals surface area contributed by atoms with Crippen LogP contribution in [0.5, 0.6) is 0 Å². The molecule has 3 rings (SSSR count). The van der Waals surface area contributed by atoms with Crippen molar-refractivity contribution in [1.82, 2.24) is 19.8 Å². The lowest BCUT2D eigenvalue weighted by atomic mass is 9.98. The van der Waals surface area contributed by atoms with Gasteiger partial charge in [-0.2, -0.15) is 0 Å². The molecule has 2 atom stereocenters. The first kappa shape index (κ1) is 17.0. The fourth-order valence-electron chi connectivity index (χ4n) is 3.75. The van der Waals surface area contributed by atoms with Gasteiger partial charge in [0.1, 0.15) is 5.69 Å². The van der Waals surface area contributed by atoms with Gasteiger partial charge in [-0.3, -0.25) is 9.59 Å². The van der Waals surface area contributed by atoms with Crippen LogP contribution >= 0.6 is 0 Å². The average molecular weight is 332 g/mol. The summed E-state index contributed by atoms with van der Waals surface area (Å²) in [5.41, 5.74) is -0.0665. The third kappa shape index (κ3) is 2.72. The lowest BCUT2D eigenvalue weighted by Gasteiger charge is -2.27. The molecule has 2 aliphatic rings. The van der Waals surface area contributed by atoms with Crippen molar-refractivity contribution in [3.8, 4) is 0 Å². The van der Waals surface area contributed by atoms with Crippen molar-refractivity contribution >= 4 is 11.8 Å². The molecule has 1 N–H and O–H groups in total. The lowest BCUT2D eigenvalue weighted by molar-refractivity contribution is -0.128.